The Hall–Kier alpha value is -3.95. The van der Waals surface area contributed by atoms with Gasteiger partial charge in [-0.05, 0) is 30.7 Å². The predicted octanol–water partition coefficient (Wildman–Crippen LogP) is 2.67. The summed E-state index contributed by atoms with van der Waals surface area (Å²) in [6.45, 7) is 2.80. The molecule has 0 radical (unpaired) electrons. The van der Waals surface area contributed by atoms with Gasteiger partial charge in [-0.2, -0.15) is 0 Å². The first-order chi connectivity index (χ1) is 14.2. The van der Waals surface area contributed by atoms with Gasteiger partial charge in [-0.15, -0.1) is 0 Å². The number of nitrogens with zero attached hydrogens (tertiary/aromatic N) is 1. The summed E-state index contributed by atoms with van der Waals surface area (Å²) in [5, 5.41) is 16.0. The number of carbonyl (C=O) groups excluding carboxylic acids is 3. The topological polar surface area (TPSA) is 137 Å². The van der Waals surface area contributed by atoms with Crippen LogP contribution in [0.5, 0.6) is 5.75 Å². The third-order valence-corrected chi connectivity index (χ3v) is 3.95. The molecule has 0 fully saturated rings. The number of hydrogen-bond donors (Lipinski definition) is 2. The summed E-state index contributed by atoms with van der Waals surface area (Å²) < 4.78 is 10.2. The van der Waals surface area contributed by atoms with Crippen LogP contribution in [0.2, 0.25) is 0 Å². The highest BCUT2D eigenvalue weighted by atomic mass is 16.6. The molecule has 2 aromatic rings. The lowest BCUT2D eigenvalue weighted by molar-refractivity contribution is -0.384. The van der Waals surface area contributed by atoms with Crippen molar-refractivity contribution in [1.82, 2.24) is 0 Å². The molecular weight excluding hydrogens is 394 g/mol. The molecule has 10 nitrogen and oxygen atoms in total. The second-order valence-electron chi connectivity index (χ2n) is 6.32. The smallest absolute Gasteiger partial charge is 0.311 e. The number of hydrogen-bond acceptors (Lipinski definition) is 7. The van der Waals surface area contributed by atoms with Crippen molar-refractivity contribution in [3.63, 3.8) is 0 Å². The van der Waals surface area contributed by atoms with Crippen molar-refractivity contribution in [2.45, 2.75) is 26.4 Å². The van der Waals surface area contributed by atoms with Gasteiger partial charge in [-0.25, -0.2) is 0 Å². The quantitative estimate of drug-likeness (QED) is 0.384. The maximum atomic E-state index is 12.3. The molecule has 2 aromatic carbocycles. The monoisotopic (exact) mass is 415 g/mol. The van der Waals surface area contributed by atoms with Crippen molar-refractivity contribution in [1.29, 1.82) is 0 Å². The Kier molecular flexibility index (Phi) is 7.45. The number of methoxy groups -OCH3 is 1. The van der Waals surface area contributed by atoms with Crippen molar-refractivity contribution in [2.24, 2.45) is 0 Å². The molecule has 0 aliphatic carbocycles. The van der Waals surface area contributed by atoms with Gasteiger partial charge >= 0.3 is 5.97 Å². The summed E-state index contributed by atoms with van der Waals surface area (Å²) in [6.07, 6.45) is -1.16. The maximum Gasteiger partial charge on any atom is 0.311 e. The van der Waals surface area contributed by atoms with E-state index < -0.39 is 22.9 Å². The number of non-ortho nitro benzene ring substituents is 1. The molecule has 0 bridgehead atoms. The number of nitro groups is 1. The van der Waals surface area contributed by atoms with Gasteiger partial charge in [0.15, 0.2) is 6.10 Å². The Morgan fingerprint density at radius 2 is 1.77 bits per heavy atom. The summed E-state index contributed by atoms with van der Waals surface area (Å²) in [5.74, 6) is -1.32. The molecule has 0 saturated heterocycles. The van der Waals surface area contributed by atoms with Crippen LogP contribution in [0, 0.1) is 10.1 Å². The molecule has 0 saturated carbocycles. The Morgan fingerprint density at radius 3 is 2.33 bits per heavy atom. The standard InChI is InChI=1S/C20H21N3O7/c1-12(20(26)22-17-9-8-16(23(27)28)11-18(17)29-3)30-19(25)10-14-4-6-15(7-5-14)21-13(2)24/h4-9,11-12H,10H2,1-3H3,(H,21,24)(H,22,26)/t12-/m0/s1. The van der Waals surface area contributed by atoms with E-state index in [0.717, 1.165) is 0 Å². The molecule has 10 heteroatoms. The van der Waals surface area contributed by atoms with Gasteiger partial charge in [-0.1, -0.05) is 12.1 Å². The summed E-state index contributed by atoms with van der Waals surface area (Å²) in [7, 11) is 1.31. The van der Waals surface area contributed by atoms with E-state index in [0.29, 0.717) is 11.3 Å². The Labute approximate surface area is 172 Å². The Bertz CT molecular complexity index is 957. The molecule has 1 atom stereocenters. The van der Waals surface area contributed by atoms with Crippen molar-refractivity contribution in [2.75, 3.05) is 17.7 Å². The number of carbonyl (C=O) groups is 3. The van der Waals surface area contributed by atoms with Crippen LogP contribution in [0.15, 0.2) is 42.5 Å². The zero-order valence-electron chi connectivity index (χ0n) is 16.6. The summed E-state index contributed by atoms with van der Waals surface area (Å²) >= 11 is 0. The van der Waals surface area contributed by atoms with E-state index in [1.807, 2.05) is 0 Å². The molecule has 0 aromatic heterocycles. The average Bonchev–Trinajstić information content (AvgIpc) is 2.69. The normalized spacial score (nSPS) is 11.2. The van der Waals surface area contributed by atoms with Crippen LogP contribution in [0.25, 0.3) is 0 Å². The number of nitrogens with one attached hydrogen (secondary N) is 2. The number of benzene rings is 2. The highest BCUT2D eigenvalue weighted by Gasteiger charge is 2.20. The minimum atomic E-state index is -1.10. The van der Waals surface area contributed by atoms with Crippen LogP contribution >= 0.6 is 0 Å². The summed E-state index contributed by atoms with van der Waals surface area (Å²) in [5.41, 5.74) is 1.28. The molecule has 30 heavy (non-hydrogen) atoms. The van der Waals surface area contributed by atoms with Crippen molar-refractivity contribution in [3.05, 3.63) is 58.1 Å². The highest BCUT2D eigenvalue weighted by Crippen LogP contribution is 2.29. The fourth-order valence-corrected chi connectivity index (χ4v) is 2.50. The molecule has 2 amide bonds. The van der Waals surface area contributed by atoms with Crippen molar-refractivity contribution in [3.8, 4) is 5.75 Å². The number of amides is 2. The van der Waals surface area contributed by atoms with E-state index in [4.69, 9.17) is 9.47 Å². The maximum absolute atomic E-state index is 12.3. The van der Waals surface area contributed by atoms with E-state index in [-0.39, 0.29) is 29.5 Å². The fraction of sp³-hybridized carbons (Fsp3) is 0.250. The van der Waals surface area contributed by atoms with E-state index in [9.17, 15) is 24.5 Å². The lowest BCUT2D eigenvalue weighted by Gasteiger charge is -2.15. The second kappa shape index (κ2) is 10.0. The van der Waals surface area contributed by atoms with Crippen molar-refractivity contribution >= 4 is 34.8 Å². The average molecular weight is 415 g/mol. The van der Waals surface area contributed by atoms with Crippen LogP contribution in [-0.4, -0.2) is 35.9 Å². The number of anilines is 2. The van der Waals surface area contributed by atoms with Crippen LogP contribution in [0.4, 0.5) is 17.1 Å². The van der Waals surface area contributed by atoms with Crippen LogP contribution in [0.1, 0.15) is 19.4 Å². The van der Waals surface area contributed by atoms with E-state index in [1.165, 1.54) is 39.2 Å². The molecule has 0 unspecified atom stereocenters. The fourth-order valence-electron chi connectivity index (χ4n) is 2.50. The molecule has 2 rings (SSSR count). The predicted molar refractivity (Wildman–Crippen MR) is 108 cm³/mol. The molecular formula is C20H21N3O7. The van der Waals surface area contributed by atoms with Gasteiger partial charge in [0.1, 0.15) is 5.75 Å². The SMILES string of the molecule is COc1cc([N+](=O)[O-])ccc1NC(=O)[C@H](C)OC(=O)Cc1ccc(NC(C)=O)cc1. The van der Waals surface area contributed by atoms with Gasteiger partial charge in [0.25, 0.3) is 11.6 Å². The third kappa shape index (κ3) is 6.30. The minimum absolute atomic E-state index is 0.0567. The molecule has 0 aliphatic rings. The van der Waals surface area contributed by atoms with E-state index in [1.54, 1.807) is 24.3 Å². The number of esters is 1. The molecule has 0 aliphatic heterocycles. The van der Waals surface area contributed by atoms with Gasteiger partial charge in [0.05, 0.1) is 30.2 Å². The van der Waals surface area contributed by atoms with Gasteiger partial charge in [0, 0.05) is 18.7 Å². The first-order valence-corrected chi connectivity index (χ1v) is 8.89. The third-order valence-electron chi connectivity index (χ3n) is 3.95. The zero-order valence-corrected chi connectivity index (χ0v) is 16.6. The molecule has 0 spiro atoms. The first-order valence-electron chi connectivity index (χ1n) is 8.89. The van der Waals surface area contributed by atoms with E-state index >= 15 is 0 Å². The number of rotatable bonds is 8. The number of ether oxygens (including phenoxy) is 2. The second-order valence-corrected chi connectivity index (χ2v) is 6.32. The van der Waals surface area contributed by atoms with Crippen LogP contribution in [0.3, 0.4) is 0 Å². The molecule has 158 valence electrons. The first kappa shape index (κ1) is 22.3. The molecule has 0 heterocycles. The van der Waals surface area contributed by atoms with Gasteiger partial charge in [0.2, 0.25) is 5.91 Å². The Balaban J connectivity index is 1.94. The van der Waals surface area contributed by atoms with Crippen LogP contribution in [-0.2, 0) is 25.5 Å². The lowest BCUT2D eigenvalue weighted by Crippen LogP contribution is -2.30. The van der Waals surface area contributed by atoms with Crippen molar-refractivity contribution < 1.29 is 28.8 Å². The largest absolute Gasteiger partial charge is 0.494 e. The minimum Gasteiger partial charge on any atom is -0.494 e. The zero-order chi connectivity index (χ0) is 22.3. The summed E-state index contributed by atoms with van der Waals surface area (Å²) in [4.78, 5) is 45.7. The Morgan fingerprint density at radius 1 is 1.10 bits per heavy atom. The van der Waals surface area contributed by atoms with Crippen LogP contribution < -0.4 is 15.4 Å². The van der Waals surface area contributed by atoms with Gasteiger partial charge < -0.3 is 20.1 Å². The number of nitro benzene ring substituents is 1. The van der Waals surface area contributed by atoms with Gasteiger partial charge in [-0.3, -0.25) is 24.5 Å². The molecule has 2 N–H and O–H groups in total. The van der Waals surface area contributed by atoms with E-state index in [2.05, 4.69) is 10.6 Å². The lowest BCUT2D eigenvalue weighted by atomic mass is 10.1. The summed E-state index contributed by atoms with van der Waals surface area (Å²) in [6, 6.07) is 10.4. The highest BCUT2D eigenvalue weighted by molar-refractivity contribution is 5.96.